The van der Waals surface area contributed by atoms with E-state index in [0.29, 0.717) is 13.0 Å². The second kappa shape index (κ2) is 3.06. The number of terminal acetylenes is 1. The van der Waals surface area contributed by atoms with E-state index < -0.39 is 0 Å². The lowest BCUT2D eigenvalue weighted by Crippen LogP contribution is -2.38. The Morgan fingerprint density at radius 3 is 2.55 bits per heavy atom. The predicted octanol–water partition coefficient (Wildman–Crippen LogP) is 0.708. The minimum Gasteiger partial charge on any atom is -0.330 e. The molecule has 0 heterocycles. The van der Waals surface area contributed by atoms with Gasteiger partial charge >= 0.3 is 0 Å². The standard InChI is InChI=1S/C9H13NO/c1-2-8(11)6-9(7-10)4-3-5-9/h1H,3-7,10H2. The van der Waals surface area contributed by atoms with Crippen LogP contribution in [0.3, 0.4) is 0 Å². The number of hydrogen-bond donors (Lipinski definition) is 1. The first kappa shape index (κ1) is 8.29. The fraction of sp³-hybridized carbons (Fsp3) is 0.667. The summed E-state index contributed by atoms with van der Waals surface area (Å²) in [5, 5.41) is 0. The molecule has 2 heteroatoms. The summed E-state index contributed by atoms with van der Waals surface area (Å²) < 4.78 is 0. The van der Waals surface area contributed by atoms with Gasteiger partial charge in [-0.3, -0.25) is 4.79 Å². The SMILES string of the molecule is C#CC(=O)CC1(CN)CCC1. The van der Waals surface area contributed by atoms with Gasteiger partial charge in [-0.1, -0.05) is 6.42 Å². The molecule has 0 aliphatic heterocycles. The van der Waals surface area contributed by atoms with E-state index in [9.17, 15) is 4.79 Å². The maximum absolute atomic E-state index is 10.9. The van der Waals surface area contributed by atoms with E-state index >= 15 is 0 Å². The minimum absolute atomic E-state index is 0.0729. The minimum atomic E-state index is -0.102. The zero-order valence-electron chi connectivity index (χ0n) is 6.60. The number of Topliss-reactive ketones (excluding diaryl/α,β-unsaturated/α-hetero) is 1. The summed E-state index contributed by atoms with van der Waals surface area (Å²) in [6, 6.07) is 0. The topological polar surface area (TPSA) is 43.1 Å². The number of nitrogens with two attached hydrogens (primary N) is 1. The predicted molar refractivity (Wildman–Crippen MR) is 43.8 cm³/mol. The van der Waals surface area contributed by atoms with E-state index in [1.807, 2.05) is 0 Å². The first-order chi connectivity index (χ1) is 5.22. The quantitative estimate of drug-likeness (QED) is 0.477. The van der Waals surface area contributed by atoms with Crippen LogP contribution < -0.4 is 5.73 Å². The zero-order valence-corrected chi connectivity index (χ0v) is 6.60. The molecule has 0 aromatic heterocycles. The molecule has 1 aliphatic rings. The van der Waals surface area contributed by atoms with Crippen LogP contribution in [-0.4, -0.2) is 12.3 Å². The van der Waals surface area contributed by atoms with Gasteiger partial charge in [0.15, 0.2) is 0 Å². The first-order valence-electron chi connectivity index (χ1n) is 3.92. The van der Waals surface area contributed by atoms with Gasteiger partial charge < -0.3 is 5.73 Å². The Morgan fingerprint density at radius 2 is 2.27 bits per heavy atom. The summed E-state index contributed by atoms with van der Waals surface area (Å²) in [6.07, 6.45) is 8.78. The fourth-order valence-corrected chi connectivity index (χ4v) is 1.52. The van der Waals surface area contributed by atoms with E-state index in [-0.39, 0.29) is 11.2 Å². The molecular formula is C9H13NO. The highest BCUT2D eigenvalue weighted by Crippen LogP contribution is 2.42. The lowest BCUT2D eigenvalue weighted by Gasteiger charge is -2.39. The molecule has 0 aromatic rings. The maximum Gasteiger partial charge on any atom is 0.205 e. The van der Waals surface area contributed by atoms with Crippen LogP contribution in [0, 0.1) is 17.8 Å². The van der Waals surface area contributed by atoms with Crippen LogP contribution >= 0.6 is 0 Å². The Kier molecular flexibility index (Phi) is 2.31. The van der Waals surface area contributed by atoms with Gasteiger partial charge in [-0.15, -0.1) is 6.42 Å². The van der Waals surface area contributed by atoms with Gasteiger partial charge in [0.25, 0.3) is 0 Å². The second-order valence-electron chi connectivity index (χ2n) is 3.30. The monoisotopic (exact) mass is 151 g/mol. The third-order valence-electron chi connectivity index (χ3n) is 2.54. The summed E-state index contributed by atoms with van der Waals surface area (Å²) >= 11 is 0. The molecule has 1 rings (SSSR count). The molecule has 1 fully saturated rings. The van der Waals surface area contributed by atoms with Crippen molar-refractivity contribution in [3.63, 3.8) is 0 Å². The molecular weight excluding hydrogens is 138 g/mol. The Balaban J connectivity index is 2.46. The molecule has 0 bridgehead atoms. The third-order valence-corrected chi connectivity index (χ3v) is 2.54. The van der Waals surface area contributed by atoms with Crippen molar-refractivity contribution in [1.82, 2.24) is 0 Å². The Hall–Kier alpha value is -0.810. The molecule has 0 unspecified atom stereocenters. The van der Waals surface area contributed by atoms with Crippen LogP contribution in [0.25, 0.3) is 0 Å². The highest BCUT2D eigenvalue weighted by atomic mass is 16.1. The molecule has 0 aromatic carbocycles. The zero-order chi connectivity index (χ0) is 8.32. The Labute approximate surface area is 67.2 Å². The van der Waals surface area contributed by atoms with Gasteiger partial charge in [-0.05, 0) is 30.7 Å². The van der Waals surface area contributed by atoms with E-state index in [4.69, 9.17) is 12.2 Å². The van der Waals surface area contributed by atoms with Crippen LogP contribution in [0.5, 0.6) is 0 Å². The number of carbonyl (C=O) groups is 1. The van der Waals surface area contributed by atoms with Crippen LogP contribution in [0.1, 0.15) is 25.7 Å². The van der Waals surface area contributed by atoms with Crippen LogP contribution in [0.15, 0.2) is 0 Å². The first-order valence-corrected chi connectivity index (χ1v) is 3.92. The smallest absolute Gasteiger partial charge is 0.205 e. The van der Waals surface area contributed by atoms with Gasteiger partial charge in [0, 0.05) is 6.42 Å². The molecule has 0 amide bonds. The molecule has 0 saturated heterocycles. The van der Waals surface area contributed by atoms with Gasteiger partial charge in [-0.2, -0.15) is 0 Å². The van der Waals surface area contributed by atoms with Crippen molar-refractivity contribution in [2.45, 2.75) is 25.7 Å². The van der Waals surface area contributed by atoms with Gasteiger partial charge in [-0.25, -0.2) is 0 Å². The lowest BCUT2D eigenvalue weighted by atomic mass is 9.66. The van der Waals surface area contributed by atoms with Gasteiger partial charge in [0.2, 0.25) is 5.78 Å². The number of carbonyl (C=O) groups excluding carboxylic acids is 1. The molecule has 0 radical (unpaired) electrons. The van der Waals surface area contributed by atoms with E-state index in [2.05, 4.69) is 5.92 Å². The Bertz CT molecular complexity index is 193. The van der Waals surface area contributed by atoms with Gasteiger partial charge in [0.1, 0.15) is 0 Å². The highest BCUT2D eigenvalue weighted by molar-refractivity contribution is 5.95. The van der Waals surface area contributed by atoms with Crippen molar-refractivity contribution in [2.75, 3.05) is 6.54 Å². The Morgan fingerprint density at radius 1 is 1.64 bits per heavy atom. The normalized spacial score (nSPS) is 20.0. The van der Waals surface area contributed by atoms with E-state index in [0.717, 1.165) is 12.8 Å². The van der Waals surface area contributed by atoms with Crippen LogP contribution in [0.2, 0.25) is 0 Å². The number of rotatable bonds is 3. The fourth-order valence-electron chi connectivity index (χ4n) is 1.52. The largest absolute Gasteiger partial charge is 0.330 e. The average molecular weight is 151 g/mol. The molecule has 0 spiro atoms. The summed E-state index contributed by atoms with van der Waals surface area (Å²) in [7, 11) is 0. The van der Waals surface area contributed by atoms with Crippen molar-refractivity contribution < 1.29 is 4.79 Å². The van der Waals surface area contributed by atoms with Crippen molar-refractivity contribution in [1.29, 1.82) is 0 Å². The molecule has 1 aliphatic carbocycles. The third kappa shape index (κ3) is 1.61. The second-order valence-corrected chi connectivity index (χ2v) is 3.30. The van der Waals surface area contributed by atoms with Gasteiger partial charge in [0.05, 0.1) is 0 Å². The van der Waals surface area contributed by atoms with E-state index in [1.54, 1.807) is 0 Å². The molecule has 1 saturated carbocycles. The van der Waals surface area contributed by atoms with Crippen LogP contribution in [0.4, 0.5) is 0 Å². The summed E-state index contributed by atoms with van der Waals surface area (Å²) in [6.45, 7) is 0.598. The summed E-state index contributed by atoms with van der Waals surface area (Å²) in [4.78, 5) is 10.9. The maximum atomic E-state index is 10.9. The van der Waals surface area contributed by atoms with Crippen molar-refractivity contribution in [2.24, 2.45) is 11.1 Å². The average Bonchev–Trinajstić information content (AvgIpc) is 1.96. The molecule has 11 heavy (non-hydrogen) atoms. The van der Waals surface area contributed by atoms with E-state index in [1.165, 1.54) is 6.42 Å². The molecule has 2 nitrogen and oxygen atoms in total. The lowest BCUT2D eigenvalue weighted by molar-refractivity contribution is -0.117. The molecule has 2 N–H and O–H groups in total. The molecule has 0 atom stereocenters. The summed E-state index contributed by atoms with van der Waals surface area (Å²) in [5.41, 5.74) is 5.62. The number of ketones is 1. The van der Waals surface area contributed by atoms with Crippen LogP contribution in [-0.2, 0) is 4.79 Å². The summed E-state index contributed by atoms with van der Waals surface area (Å²) in [5.74, 6) is 2.03. The molecule has 60 valence electrons. The van der Waals surface area contributed by atoms with Crippen molar-refractivity contribution in [3.8, 4) is 12.3 Å². The van der Waals surface area contributed by atoms with Crippen molar-refractivity contribution >= 4 is 5.78 Å². The number of hydrogen-bond acceptors (Lipinski definition) is 2. The van der Waals surface area contributed by atoms with Crippen molar-refractivity contribution in [3.05, 3.63) is 0 Å². The highest BCUT2D eigenvalue weighted by Gasteiger charge is 2.36.